The number of halogens is 2. The Balaban J connectivity index is 1.50. The van der Waals surface area contributed by atoms with Gasteiger partial charge in [-0.25, -0.2) is 0 Å². The van der Waals surface area contributed by atoms with Gasteiger partial charge in [0.15, 0.2) is 11.5 Å². The fourth-order valence-corrected chi connectivity index (χ4v) is 4.86. The molecule has 1 heterocycles. The molecule has 2 amide bonds. The second-order valence-electron chi connectivity index (χ2n) is 7.82. The predicted octanol–water partition coefficient (Wildman–Crippen LogP) is 7.12. The molecule has 190 valence electrons. The molecule has 0 spiro atoms. The van der Waals surface area contributed by atoms with Crippen LogP contribution in [0.3, 0.4) is 0 Å². The Kier molecular flexibility index (Phi) is 8.38. The summed E-state index contributed by atoms with van der Waals surface area (Å²) in [6, 6.07) is 16.2. The summed E-state index contributed by atoms with van der Waals surface area (Å²) in [6.45, 7) is 2.37. The minimum atomic E-state index is -0.461. The van der Waals surface area contributed by atoms with Gasteiger partial charge < -0.3 is 9.47 Å². The normalized spacial score (nSPS) is 14.4. The van der Waals surface area contributed by atoms with Crippen molar-refractivity contribution in [3.8, 4) is 11.5 Å². The molecule has 0 saturated carbocycles. The summed E-state index contributed by atoms with van der Waals surface area (Å²) in [4.78, 5) is 37.3. The molecule has 3 aromatic carbocycles. The zero-order valence-electron chi connectivity index (χ0n) is 19.5. The number of nitrogens with zero attached hydrogens (tertiary/aromatic N) is 2. The molecule has 11 heteroatoms. The number of benzene rings is 3. The monoisotopic (exact) mass is 558 g/mol. The van der Waals surface area contributed by atoms with Crippen LogP contribution >= 0.6 is 35.0 Å². The zero-order valence-corrected chi connectivity index (χ0v) is 21.8. The molecule has 1 fully saturated rings. The highest BCUT2D eigenvalue weighted by Crippen LogP contribution is 2.37. The van der Waals surface area contributed by atoms with E-state index in [4.69, 9.17) is 32.7 Å². The van der Waals surface area contributed by atoms with Crippen molar-refractivity contribution < 1.29 is 24.0 Å². The summed E-state index contributed by atoms with van der Waals surface area (Å²) in [5.74, 6) is 0.488. The van der Waals surface area contributed by atoms with Crippen molar-refractivity contribution in [3.63, 3.8) is 0 Å². The summed E-state index contributed by atoms with van der Waals surface area (Å²) in [6.07, 6.45) is 1.61. The lowest BCUT2D eigenvalue weighted by atomic mass is 10.1. The largest absolute Gasteiger partial charge is 0.490 e. The summed E-state index contributed by atoms with van der Waals surface area (Å²) in [5.41, 5.74) is 1.90. The van der Waals surface area contributed by atoms with E-state index in [1.807, 2.05) is 6.92 Å². The molecule has 0 bridgehead atoms. The molecule has 0 N–H and O–H groups in total. The van der Waals surface area contributed by atoms with Gasteiger partial charge in [0.1, 0.15) is 6.61 Å². The summed E-state index contributed by atoms with van der Waals surface area (Å²) in [5, 5.41) is 11.2. The van der Waals surface area contributed by atoms with E-state index in [0.29, 0.717) is 39.3 Å². The second kappa shape index (κ2) is 11.7. The second-order valence-corrected chi connectivity index (χ2v) is 9.63. The highest BCUT2D eigenvalue weighted by Gasteiger charge is 2.35. The zero-order chi connectivity index (χ0) is 26.5. The van der Waals surface area contributed by atoms with Crippen molar-refractivity contribution in [2.75, 3.05) is 6.61 Å². The molecule has 0 atom stereocenters. The first-order valence-electron chi connectivity index (χ1n) is 11.1. The number of imide groups is 1. The fourth-order valence-electron chi connectivity index (χ4n) is 3.51. The van der Waals surface area contributed by atoms with Crippen LogP contribution in [0.4, 0.5) is 10.5 Å². The first-order valence-corrected chi connectivity index (χ1v) is 12.6. The minimum absolute atomic E-state index is 0.00230. The van der Waals surface area contributed by atoms with E-state index in [2.05, 4.69) is 0 Å². The number of hydrogen-bond donors (Lipinski definition) is 0. The van der Waals surface area contributed by atoms with E-state index in [1.165, 1.54) is 12.1 Å². The molecule has 37 heavy (non-hydrogen) atoms. The molecule has 8 nitrogen and oxygen atoms in total. The lowest BCUT2D eigenvalue weighted by Gasteiger charge is -2.15. The first-order chi connectivity index (χ1) is 17.8. The number of non-ortho nitro benzene ring substituents is 1. The molecule has 0 aliphatic carbocycles. The Labute approximate surface area is 226 Å². The van der Waals surface area contributed by atoms with Crippen molar-refractivity contribution >= 4 is 57.9 Å². The van der Waals surface area contributed by atoms with Crippen molar-refractivity contribution in [1.82, 2.24) is 4.90 Å². The van der Waals surface area contributed by atoms with Crippen LogP contribution < -0.4 is 9.47 Å². The smallest absolute Gasteiger partial charge is 0.293 e. The predicted molar refractivity (Wildman–Crippen MR) is 143 cm³/mol. The summed E-state index contributed by atoms with van der Waals surface area (Å²) < 4.78 is 11.6. The summed E-state index contributed by atoms with van der Waals surface area (Å²) in [7, 11) is 0. The third-order valence-corrected chi connectivity index (χ3v) is 6.97. The molecule has 3 aromatic rings. The van der Waals surface area contributed by atoms with Crippen LogP contribution in [0, 0.1) is 10.1 Å². The van der Waals surface area contributed by atoms with Gasteiger partial charge in [-0.05, 0) is 72.3 Å². The first kappa shape index (κ1) is 26.5. The van der Waals surface area contributed by atoms with Crippen molar-refractivity contribution in [1.29, 1.82) is 0 Å². The minimum Gasteiger partial charge on any atom is -0.490 e. The number of carbonyl (C=O) groups is 2. The molecule has 1 aliphatic rings. The van der Waals surface area contributed by atoms with E-state index in [9.17, 15) is 19.7 Å². The quantitative estimate of drug-likeness (QED) is 0.156. The average Bonchev–Trinajstić information content (AvgIpc) is 3.13. The van der Waals surface area contributed by atoms with Gasteiger partial charge in [0, 0.05) is 27.7 Å². The van der Waals surface area contributed by atoms with Gasteiger partial charge >= 0.3 is 0 Å². The molecule has 1 aliphatic heterocycles. The molecule has 0 radical (unpaired) electrons. The number of thioether (sulfide) groups is 1. The van der Waals surface area contributed by atoms with Crippen molar-refractivity contribution in [2.45, 2.75) is 20.1 Å². The Morgan fingerprint density at radius 1 is 1.00 bits per heavy atom. The maximum atomic E-state index is 13.0. The van der Waals surface area contributed by atoms with Crippen LogP contribution in [-0.2, 0) is 17.9 Å². The van der Waals surface area contributed by atoms with E-state index in [1.54, 1.807) is 54.6 Å². The number of rotatable bonds is 9. The standard InChI is InChI=1S/C26H20Cl2N2O6S/c1-2-35-23-12-17(8-11-22(23)36-15-16-6-9-18(10-7-16)30(33)34)13-24-25(31)29(26(32)37-24)14-19-20(27)4-3-5-21(19)28/h3-13H,2,14-15H2,1H3. The van der Waals surface area contributed by atoms with Gasteiger partial charge in [0.25, 0.3) is 16.8 Å². The van der Waals surface area contributed by atoms with E-state index in [0.717, 1.165) is 22.2 Å². The number of carbonyl (C=O) groups excluding carboxylic acids is 2. The maximum Gasteiger partial charge on any atom is 0.293 e. The maximum absolute atomic E-state index is 13.0. The van der Waals surface area contributed by atoms with E-state index >= 15 is 0 Å². The third-order valence-electron chi connectivity index (χ3n) is 5.36. The molecular formula is C26H20Cl2N2O6S. The van der Waals surface area contributed by atoms with Crippen molar-refractivity contribution in [3.05, 3.63) is 102 Å². The highest BCUT2D eigenvalue weighted by atomic mass is 35.5. The molecular weight excluding hydrogens is 539 g/mol. The van der Waals surface area contributed by atoms with Gasteiger partial charge in [-0.1, -0.05) is 35.3 Å². The van der Waals surface area contributed by atoms with E-state index in [-0.39, 0.29) is 23.7 Å². The van der Waals surface area contributed by atoms with Gasteiger partial charge in [0.05, 0.1) is 23.0 Å². The van der Waals surface area contributed by atoms with Crippen LogP contribution in [0.1, 0.15) is 23.6 Å². The number of nitro benzene ring substituents is 1. The average molecular weight is 559 g/mol. The van der Waals surface area contributed by atoms with Crippen LogP contribution in [0.25, 0.3) is 6.08 Å². The van der Waals surface area contributed by atoms with E-state index < -0.39 is 16.1 Å². The Bertz CT molecular complexity index is 1370. The van der Waals surface area contributed by atoms with Crippen LogP contribution in [0.5, 0.6) is 11.5 Å². The highest BCUT2D eigenvalue weighted by molar-refractivity contribution is 8.18. The lowest BCUT2D eigenvalue weighted by molar-refractivity contribution is -0.384. The van der Waals surface area contributed by atoms with Crippen LogP contribution in [-0.4, -0.2) is 27.6 Å². The number of nitro groups is 1. The number of hydrogen-bond acceptors (Lipinski definition) is 7. The van der Waals surface area contributed by atoms with Crippen LogP contribution in [0.2, 0.25) is 10.0 Å². The molecule has 1 saturated heterocycles. The summed E-state index contributed by atoms with van der Waals surface area (Å²) >= 11 is 13.2. The topological polar surface area (TPSA) is 99.0 Å². The van der Waals surface area contributed by atoms with Gasteiger partial charge in [-0.2, -0.15) is 0 Å². The number of ether oxygens (including phenoxy) is 2. The molecule has 0 aromatic heterocycles. The SMILES string of the molecule is CCOc1cc(C=C2SC(=O)N(Cc3c(Cl)cccc3Cl)C2=O)ccc1OCc1ccc([N+](=O)[O-])cc1. The molecule has 4 rings (SSSR count). The molecule has 0 unspecified atom stereocenters. The van der Waals surface area contributed by atoms with Gasteiger partial charge in [0.2, 0.25) is 0 Å². The Hall–Kier alpha value is -3.53. The Morgan fingerprint density at radius 2 is 1.70 bits per heavy atom. The lowest BCUT2D eigenvalue weighted by Crippen LogP contribution is -2.27. The van der Waals surface area contributed by atoms with Gasteiger partial charge in [-0.3, -0.25) is 24.6 Å². The van der Waals surface area contributed by atoms with Crippen LogP contribution in [0.15, 0.2) is 65.6 Å². The van der Waals surface area contributed by atoms with Crippen molar-refractivity contribution in [2.24, 2.45) is 0 Å². The number of amides is 2. The Morgan fingerprint density at radius 3 is 2.35 bits per heavy atom. The third kappa shape index (κ3) is 6.25. The fraction of sp³-hybridized carbons (Fsp3) is 0.154. The van der Waals surface area contributed by atoms with Gasteiger partial charge in [-0.15, -0.1) is 0 Å².